The molecule has 1 atom stereocenters. The van der Waals surface area contributed by atoms with Gasteiger partial charge in [0.25, 0.3) is 0 Å². The Bertz CT molecular complexity index is 798. The fourth-order valence-electron chi connectivity index (χ4n) is 1.99. The van der Waals surface area contributed by atoms with Gasteiger partial charge in [0.05, 0.1) is 0 Å². The third-order valence-corrected chi connectivity index (χ3v) is 3.33. The average molecular weight is 343 g/mol. The maximum absolute atomic E-state index is 11.8. The van der Waals surface area contributed by atoms with E-state index in [0.717, 1.165) is 0 Å². The van der Waals surface area contributed by atoms with Crippen LogP contribution in [0.2, 0.25) is 0 Å². The Labute approximate surface area is 143 Å². The van der Waals surface area contributed by atoms with E-state index in [1.165, 1.54) is 30.4 Å². The number of rotatable bonds is 6. The van der Waals surface area contributed by atoms with Crippen molar-refractivity contribution in [1.82, 2.24) is 0 Å². The second kappa shape index (κ2) is 7.98. The molecule has 0 saturated heterocycles. The molecular weight excluding hydrogens is 326 g/mol. The highest BCUT2D eigenvalue weighted by Crippen LogP contribution is 2.25. The monoisotopic (exact) mass is 343 g/mol. The number of benzene rings is 2. The number of phenols is 2. The van der Waals surface area contributed by atoms with Crippen molar-refractivity contribution in [2.75, 3.05) is 0 Å². The van der Waals surface area contributed by atoms with Crippen molar-refractivity contribution < 1.29 is 29.6 Å². The summed E-state index contributed by atoms with van der Waals surface area (Å²) in [6.45, 7) is 0. The number of esters is 1. The molecule has 0 aromatic heterocycles. The molecule has 2 rings (SSSR count). The summed E-state index contributed by atoms with van der Waals surface area (Å²) in [6, 6.07) is 9.50. The molecular formula is C18H17NO6. The fraction of sp³-hybridized carbons (Fsp3) is 0.111. The number of aromatic hydroxyl groups is 2. The van der Waals surface area contributed by atoms with Gasteiger partial charge in [-0.3, -0.25) is 4.79 Å². The standard InChI is InChI=1S/C18H17NO6/c19-14(18(23)24)9-11-1-5-13(6-2-11)25-17(22)8-4-12-3-7-15(20)16(21)10-12/h1-8,10,14,20-21H,9,19H2,(H,23,24)/b8-4-/t14-/m0/s1. The third-order valence-electron chi connectivity index (χ3n) is 3.33. The smallest absolute Gasteiger partial charge is 0.336 e. The highest BCUT2D eigenvalue weighted by atomic mass is 16.5. The van der Waals surface area contributed by atoms with Crippen LogP contribution < -0.4 is 10.5 Å². The summed E-state index contributed by atoms with van der Waals surface area (Å²) in [4.78, 5) is 22.5. The number of nitrogens with two attached hydrogens (primary N) is 1. The number of carbonyl (C=O) groups is 2. The summed E-state index contributed by atoms with van der Waals surface area (Å²) in [5.41, 5.74) is 6.69. The Morgan fingerprint density at radius 2 is 1.76 bits per heavy atom. The van der Waals surface area contributed by atoms with Gasteiger partial charge in [-0.25, -0.2) is 4.79 Å². The molecule has 25 heavy (non-hydrogen) atoms. The topological polar surface area (TPSA) is 130 Å². The number of hydrogen-bond donors (Lipinski definition) is 4. The summed E-state index contributed by atoms with van der Waals surface area (Å²) in [5.74, 6) is -1.94. The summed E-state index contributed by atoms with van der Waals surface area (Å²) < 4.78 is 5.11. The van der Waals surface area contributed by atoms with Crippen LogP contribution in [0, 0.1) is 0 Å². The predicted octanol–water partition coefficient (Wildman–Crippen LogP) is 1.67. The minimum absolute atomic E-state index is 0.174. The van der Waals surface area contributed by atoms with E-state index in [1.807, 2.05) is 0 Å². The summed E-state index contributed by atoms with van der Waals surface area (Å²) >= 11 is 0. The van der Waals surface area contributed by atoms with E-state index in [1.54, 1.807) is 24.3 Å². The fourth-order valence-corrected chi connectivity index (χ4v) is 1.99. The maximum Gasteiger partial charge on any atom is 0.336 e. The molecule has 0 aliphatic rings. The Morgan fingerprint density at radius 3 is 2.36 bits per heavy atom. The molecule has 0 bridgehead atoms. The first-order valence-corrected chi connectivity index (χ1v) is 7.34. The first-order valence-electron chi connectivity index (χ1n) is 7.34. The molecule has 7 heteroatoms. The van der Waals surface area contributed by atoms with Crippen LogP contribution in [0.5, 0.6) is 17.2 Å². The Morgan fingerprint density at radius 1 is 1.08 bits per heavy atom. The molecule has 0 unspecified atom stereocenters. The second-order valence-electron chi connectivity index (χ2n) is 5.30. The number of phenolic OH excluding ortho intramolecular Hbond substituents is 2. The van der Waals surface area contributed by atoms with Gasteiger partial charge in [0.1, 0.15) is 11.8 Å². The first kappa shape index (κ1) is 18.0. The summed E-state index contributed by atoms with van der Waals surface area (Å²) in [6.07, 6.45) is 2.79. The van der Waals surface area contributed by atoms with Crippen molar-refractivity contribution in [2.45, 2.75) is 12.5 Å². The van der Waals surface area contributed by atoms with Gasteiger partial charge in [0.2, 0.25) is 0 Å². The van der Waals surface area contributed by atoms with E-state index in [9.17, 15) is 19.8 Å². The van der Waals surface area contributed by atoms with Crippen molar-refractivity contribution in [3.05, 3.63) is 59.7 Å². The molecule has 7 nitrogen and oxygen atoms in total. The van der Waals surface area contributed by atoms with Crippen molar-refractivity contribution >= 4 is 18.0 Å². The Balaban J connectivity index is 1.94. The number of ether oxygens (including phenoxy) is 1. The second-order valence-corrected chi connectivity index (χ2v) is 5.30. The largest absolute Gasteiger partial charge is 0.504 e. The van der Waals surface area contributed by atoms with Gasteiger partial charge < -0.3 is 25.8 Å². The number of aliphatic carboxylic acids is 1. The van der Waals surface area contributed by atoms with E-state index >= 15 is 0 Å². The molecule has 0 aliphatic carbocycles. The molecule has 130 valence electrons. The molecule has 5 N–H and O–H groups in total. The molecule has 0 saturated carbocycles. The zero-order chi connectivity index (χ0) is 18.4. The van der Waals surface area contributed by atoms with Crippen LogP contribution in [0.15, 0.2) is 48.5 Å². The number of carbonyl (C=O) groups excluding carboxylic acids is 1. The van der Waals surface area contributed by atoms with Crippen LogP contribution in [0.25, 0.3) is 6.08 Å². The normalized spacial score (nSPS) is 12.0. The van der Waals surface area contributed by atoms with Gasteiger partial charge in [-0.1, -0.05) is 18.2 Å². The van der Waals surface area contributed by atoms with E-state index < -0.39 is 18.0 Å². The van der Waals surface area contributed by atoms with Crippen LogP contribution in [-0.4, -0.2) is 33.3 Å². The molecule has 2 aromatic carbocycles. The van der Waals surface area contributed by atoms with Gasteiger partial charge in [-0.05, 0) is 47.9 Å². The van der Waals surface area contributed by atoms with Crippen LogP contribution in [0.4, 0.5) is 0 Å². The lowest BCUT2D eigenvalue weighted by molar-refractivity contribution is -0.138. The lowest BCUT2D eigenvalue weighted by atomic mass is 10.1. The Kier molecular flexibility index (Phi) is 5.75. The summed E-state index contributed by atoms with van der Waals surface area (Å²) in [7, 11) is 0. The van der Waals surface area contributed by atoms with Gasteiger partial charge in [0.15, 0.2) is 11.5 Å². The van der Waals surface area contributed by atoms with Gasteiger partial charge in [-0.15, -0.1) is 0 Å². The van der Waals surface area contributed by atoms with Gasteiger partial charge in [-0.2, -0.15) is 0 Å². The van der Waals surface area contributed by atoms with E-state index in [0.29, 0.717) is 16.9 Å². The quantitative estimate of drug-likeness (QED) is 0.272. The lowest BCUT2D eigenvalue weighted by Crippen LogP contribution is -2.32. The molecule has 0 amide bonds. The number of hydrogen-bond acceptors (Lipinski definition) is 6. The van der Waals surface area contributed by atoms with E-state index in [4.69, 9.17) is 15.6 Å². The number of carboxylic acids is 1. The van der Waals surface area contributed by atoms with Crippen molar-refractivity contribution in [3.8, 4) is 17.2 Å². The number of carboxylic acid groups (broad SMARTS) is 1. The molecule has 0 fully saturated rings. The highest BCUT2D eigenvalue weighted by Gasteiger charge is 2.12. The minimum Gasteiger partial charge on any atom is -0.504 e. The van der Waals surface area contributed by atoms with E-state index in [-0.39, 0.29) is 17.9 Å². The SMILES string of the molecule is N[C@@H](Cc1ccc(OC(=O)/C=C\c2ccc(O)c(O)c2)cc1)C(=O)O. The molecule has 2 aromatic rings. The average Bonchev–Trinajstić information content (AvgIpc) is 2.57. The van der Waals surface area contributed by atoms with Crippen molar-refractivity contribution in [2.24, 2.45) is 5.73 Å². The molecule has 0 aliphatic heterocycles. The zero-order valence-electron chi connectivity index (χ0n) is 13.1. The minimum atomic E-state index is -1.08. The van der Waals surface area contributed by atoms with Crippen LogP contribution in [0.1, 0.15) is 11.1 Å². The lowest BCUT2D eigenvalue weighted by Gasteiger charge is -2.07. The molecule has 0 heterocycles. The predicted molar refractivity (Wildman–Crippen MR) is 90.2 cm³/mol. The van der Waals surface area contributed by atoms with Crippen molar-refractivity contribution in [3.63, 3.8) is 0 Å². The van der Waals surface area contributed by atoms with Crippen molar-refractivity contribution in [1.29, 1.82) is 0 Å². The maximum atomic E-state index is 11.8. The van der Waals surface area contributed by atoms with Crippen LogP contribution in [0.3, 0.4) is 0 Å². The van der Waals surface area contributed by atoms with E-state index in [2.05, 4.69) is 0 Å². The Hall–Kier alpha value is -3.32. The third kappa shape index (κ3) is 5.36. The van der Waals surface area contributed by atoms with Gasteiger partial charge in [0, 0.05) is 6.08 Å². The van der Waals surface area contributed by atoms with Gasteiger partial charge >= 0.3 is 11.9 Å². The molecule has 0 radical (unpaired) electrons. The summed E-state index contributed by atoms with van der Waals surface area (Å²) in [5, 5.41) is 27.4. The zero-order valence-corrected chi connectivity index (χ0v) is 13.1. The molecule has 0 spiro atoms. The first-order chi connectivity index (χ1) is 11.8. The van der Waals surface area contributed by atoms with Crippen LogP contribution in [-0.2, 0) is 16.0 Å². The highest BCUT2D eigenvalue weighted by molar-refractivity contribution is 5.88. The van der Waals surface area contributed by atoms with Crippen LogP contribution >= 0.6 is 0 Å².